The standard InChI is InChI=1S/C22H23N5O2.C21H20N8O.C21H21N5O2.C20H19FN4O/c1-24-21(28)16-9-7-15(8-10-16)20-18-12-27(13-19(18)25-26-20)22(29)17(11-23)14-5-3-2-4-6-14;22-10-16(13-4-2-1-3-5-13)21(30)29-11-17-18(12-29)23-24-19(17)14-6-8-15(9-7-14)20-25-27-28-26-20;22-10-16(13-4-2-1-3-5-13)21(28)26-11-17-18(12-26)24-25-19(17)14-6-8-15(9-7-14)20(23)27;21-15-8-6-14(7-9-15)19-17-11-25(12-18(17)23-24-19)20(26)16(10-22)13-4-2-1-3-5-13/h2-10,17H,11-13,23H2,1H3,(H,24,28)(H,25,26);1-9,16H,10-12,22H2,(H,23,24)(H,25,26,27,28);1-9,16H,10-12,22H2,(H2,23,27)(H,24,25);1-9,16H,10-12,22H2,(H,23,24). The van der Waals surface area contributed by atoms with Crippen LogP contribution in [0, 0.1) is 5.82 Å². The maximum absolute atomic E-state index is 13.2. The third kappa shape index (κ3) is 16.5. The van der Waals surface area contributed by atoms with E-state index >= 15 is 0 Å². The van der Waals surface area contributed by atoms with Crippen molar-refractivity contribution in [3.05, 3.63) is 303 Å². The summed E-state index contributed by atoms with van der Waals surface area (Å²) in [5, 5.41) is 46.5. The molecule has 0 saturated heterocycles. The molecular weight excluding hydrogens is 1430 g/mol. The molecule has 28 nitrogen and oxygen atoms in total. The Bertz CT molecular complexity index is 5470. The van der Waals surface area contributed by atoms with Crippen molar-refractivity contribution in [1.29, 1.82) is 0 Å². The number of carbonyl (C=O) groups is 6. The molecule has 9 heterocycles. The van der Waals surface area contributed by atoms with Crippen molar-refractivity contribution in [2.24, 2.45) is 28.7 Å². The molecule has 0 spiro atoms. The number of hydrogen-bond donors (Lipinski definition) is 11. The van der Waals surface area contributed by atoms with Crippen LogP contribution in [-0.2, 0) is 71.5 Å². The number of primary amides is 1. The Hall–Kier alpha value is -13.7. The van der Waals surface area contributed by atoms with E-state index in [-0.39, 0.29) is 85.2 Å². The quantitative estimate of drug-likeness (QED) is 0.0362. The smallest absolute Gasteiger partial charge is 0.251 e. The van der Waals surface area contributed by atoms with Gasteiger partial charge in [-0.3, -0.25) is 49.2 Å². The van der Waals surface area contributed by atoms with Gasteiger partial charge in [-0.15, -0.1) is 10.2 Å². The first-order valence-corrected chi connectivity index (χ1v) is 36.8. The van der Waals surface area contributed by atoms with E-state index in [1.54, 1.807) is 53.2 Å². The first kappa shape index (κ1) is 76.0. The van der Waals surface area contributed by atoms with Crippen LogP contribution < -0.4 is 34.0 Å². The molecule has 6 amide bonds. The number of nitrogens with two attached hydrogens (primary N) is 5. The molecule has 29 heteroatoms. The number of tetrazole rings is 1. The molecule has 16 N–H and O–H groups in total. The number of amides is 6. The van der Waals surface area contributed by atoms with Crippen molar-refractivity contribution in [2.45, 2.75) is 76.0 Å². The number of carbonyl (C=O) groups excluding carboxylic acids is 6. The van der Waals surface area contributed by atoms with Gasteiger partial charge in [-0.1, -0.05) is 170 Å². The number of fused-ring (bicyclic) bond motifs is 4. The summed E-state index contributed by atoms with van der Waals surface area (Å²) in [6.07, 6.45) is 0. The van der Waals surface area contributed by atoms with Crippen LogP contribution in [0.15, 0.2) is 218 Å². The van der Waals surface area contributed by atoms with Crippen LogP contribution in [0.3, 0.4) is 0 Å². The predicted molar refractivity (Wildman–Crippen MR) is 421 cm³/mol. The van der Waals surface area contributed by atoms with Crippen molar-refractivity contribution in [1.82, 2.24) is 86.3 Å². The van der Waals surface area contributed by atoms with Gasteiger partial charge in [-0.25, -0.2) is 4.39 Å². The fourth-order valence-electron chi connectivity index (χ4n) is 14.7. The molecule has 4 aliphatic heterocycles. The van der Waals surface area contributed by atoms with E-state index in [0.29, 0.717) is 69.3 Å². The lowest BCUT2D eigenvalue weighted by molar-refractivity contribution is -0.134. The molecule has 4 unspecified atom stereocenters. The summed E-state index contributed by atoms with van der Waals surface area (Å²) in [5.74, 6) is -1.70. The second-order valence-corrected chi connectivity index (χ2v) is 27.6. The highest BCUT2D eigenvalue weighted by atomic mass is 19.1. The SMILES string of the molecule is CNC(=O)c1ccc(-c2n[nH]c3c2CN(C(=O)C(CN)c2ccccc2)C3)cc1.NCC(C(=O)N1Cc2[nH]nc(-c3ccc(-c4nn[nH]n4)cc3)c2C1)c1ccccc1.NCC(C(=O)N1Cc2[nH]nc(-c3ccc(C(N)=O)cc3)c2C1)c1ccccc1.NCC(C(=O)N1Cc2[nH]nc(-c3ccc(F)cc3)c2C1)c1ccccc1. The second-order valence-electron chi connectivity index (χ2n) is 27.6. The zero-order valence-corrected chi connectivity index (χ0v) is 61.7. The molecule has 5 aromatic heterocycles. The molecule has 4 aliphatic rings. The predicted octanol–water partition coefficient (Wildman–Crippen LogP) is 8.42. The highest BCUT2D eigenvalue weighted by molar-refractivity contribution is 5.95. The molecule has 0 saturated carbocycles. The second kappa shape index (κ2) is 34.4. The van der Waals surface area contributed by atoms with Crippen LogP contribution in [0.4, 0.5) is 4.39 Å². The van der Waals surface area contributed by atoms with Crippen LogP contribution in [-0.4, -0.2) is 150 Å². The molecule has 8 aromatic carbocycles. The summed E-state index contributed by atoms with van der Waals surface area (Å²) in [7, 11) is 1.60. The molecular formula is C84H83FN22O6. The zero-order chi connectivity index (χ0) is 78.7. The third-order valence-corrected chi connectivity index (χ3v) is 20.8. The van der Waals surface area contributed by atoms with Crippen molar-refractivity contribution in [3.8, 4) is 56.4 Å². The van der Waals surface area contributed by atoms with Crippen molar-refractivity contribution in [3.63, 3.8) is 0 Å². The molecule has 572 valence electrons. The lowest BCUT2D eigenvalue weighted by atomic mass is 9.98. The van der Waals surface area contributed by atoms with Gasteiger partial charge in [0.25, 0.3) is 5.91 Å². The molecule has 0 aliphatic carbocycles. The average molecular weight is 1520 g/mol. The number of aromatic nitrogens is 12. The summed E-state index contributed by atoms with van der Waals surface area (Å²) in [4.78, 5) is 82.6. The van der Waals surface area contributed by atoms with Gasteiger partial charge in [0, 0.05) is 94.4 Å². The number of halogens is 1. The summed E-state index contributed by atoms with van der Waals surface area (Å²) in [6.45, 7) is 4.94. The average Bonchev–Trinajstić information content (AvgIpc) is 1.65. The fourth-order valence-corrected chi connectivity index (χ4v) is 14.7. The highest BCUT2D eigenvalue weighted by Crippen LogP contribution is 2.38. The van der Waals surface area contributed by atoms with Crippen LogP contribution in [0.2, 0.25) is 0 Å². The molecule has 0 bridgehead atoms. The Balaban J connectivity index is 0.000000125. The van der Waals surface area contributed by atoms with E-state index in [9.17, 15) is 33.2 Å². The summed E-state index contributed by atoms with van der Waals surface area (Å²) < 4.78 is 13.2. The number of hydrogen-bond acceptors (Lipinski definition) is 17. The molecule has 0 fully saturated rings. The molecule has 113 heavy (non-hydrogen) atoms. The van der Waals surface area contributed by atoms with Gasteiger partial charge in [-0.05, 0) is 76.0 Å². The minimum atomic E-state index is -0.468. The monoisotopic (exact) mass is 1510 g/mol. The van der Waals surface area contributed by atoms with Crippen LogP contribution in [0.1, 0.15) is 112 Å². The van der Waals surface area contributed by atoms with Gasteiger partial charge in [0.15, 0.2) is 0 Å². The number of rotatable bonds is 19. The molecule has 0 radical (unpaired) electrons. The minimum Gasteiger partial charge on any atom is -0.366 e. The highest BCUT2D eigenvalue weighted by Gasteiger charge is 2.37. The van der Waals surface area contributed by atoms with Gasteiger partial charge < -0.3 is 53.6 Å². The van der Waals surface area contributed by atoms with Crippen molar-refractivity contribution < 1.29 is 33.2 Å². The van der Waals surface area contributed by atoms with E-state index in [1.807, 2.05) is 180 Å². The van der Waals surface area contributed by atoms with Crippen molar-refractivity contribution in [2.75, 3.05) is 33.2 Å². The van der Waals surface area contributed by atoms with Crippen LogP contribution in [0.5, 0.6) is 0 Å². The lowest BCUT2D eigenvalue weighted by Crippen LogP contribution is -2.34. The van der Waals surface area contributed by atoms with E-state index in [0.717, 1.165) is 118 Å². The van der Waals surface area contributed by atoms with E-state index in [1.165, 1.54) is 12.1 Å². The lowest BCUT2D eigenvalue weighted by Gasteiger charge is -2.22. The van der Waals surface area contributed by atoms with Gasteiger partial charge in [-0.2, -0.15) is 25.6 Å². The van der Waals surface area contributed by atoms with E-state index in [2.05, 4.69) is 66.7 Å². The number of nitrogens with zero attached hydrogens (tertiary/aromatic N) is 11. The normalized spacial score (nSPS) is 14.0. The number of nitrogens with one attached hydrogen (secondary N) is 6. The first-order valence-electron chi connectivity index (χ1n) is 36.8. The van der Waals surface area contributed by atoms with Crippen LogP contribution >= 0.6 is 0 Å². The van der Waals surface area contributed by atoms with E-state index in [4.69, 9.17) is 28.7 Å². The molecule has 17 rings (SSSR count). The Labute approximate surface area is 648 Å². The number of H-pyrrole nitrogens is 5. The fraction of sp³-hybridized carbons (Fsp3) is 0.202. The largest absolute Gasteiger partial charge is 0.366 e. The van der Waals surface area contributed by atoms with Crippen molar-refractivity contribution >= 4 is 35.4 Å². The summed E-state index contributed by atoms with van der Waals surface area (Å²) in [6, 6.07) is 66.8. The summed E-state index contributed by atoms with van der Waals surface area (Å²) in [5.41, 5.74) is 49.1. The van der Waals surface area contributed by atoms with Gasteiger partial charge in [0.2, 0.25) is 35.4 Å². The summed E-state index contributed by atoms with van der Waals surface area (Å²) >= 11 is 0. The zero-order valence-electron chi connectivity index (χ0n) is 61.7. The maximum atomic E-state index is 13.2. The first-order chi connectivity index (χ1) is 55.1. The molecule has 13 aromatic rings. The Morgan fingerprint density at radius 2 is 0.646 bits per heavy atom. The Morgan fingerprint density at radius 3 is 0.912 bits per heavy atom. The van der Waals surface area contributed by atoms with Gasteiger partial charge in [0.1, 0.15) is 5.82 Å². The number of aromatic amines is 5. The Morgan fingerprint density at radius 1 is 0.372 bits per heavy atom. The Kier molecular flexibility index (Phi) is 23.2. The van der Waals surface area contributed by atoms with Gasteiger partial charge in [0.05, 0.1) is 122 Å². The number of benzene rings is 8. The van der Waals surface area contributed by atoms with Crippen LogP contribution in [0.25, 0.3) is 56.4 Å². The minimum absolute atomic E-state index is 0.00771. The third-order valence-electron chi connectivity index (χ3n) is 20.8. The van der Waals surface area contributed by atoms with E-state index < -0.39 is 5.91 Å². The maximum Gasteiger partial charge on any atom is 0.251 e. The van der Waals surface area contributed by atoms with Gasteiger partial charge >= 0.3 is 0 Å². The molecule has 4 atom stereocenters. The topological polar surface area (TPSA) is 427 Å².